The maximum atomic E-state index is 11.7. The molecule has 0 saturated heterocycles. The number of rotatable bonds is 6. The number of aliphatic hydroxyl groups is 1. The van der Waals surface area contributed by atoms with Crippen LogP contribution in [-0.2, 0) is 4.74 Å². The largest absolute Gasteiger partial charge is 0.450 e. The molecule has 1 aliphatic rings. The normalized spacial score (nSPS) is 20.8. The lowest BCUT2D eigenvalue weighted by Gasteiger charge is -2.31. The second kappa shape index (κ2) is 8.67. The van der Waals surface area contributed by atoms with Crippen molar-refractivity contribution in [2.75, 3.05) is 13.2 Å². The number of imidazole rings is 1. The number of hydrogen-bond donors (Lipinski definition) is 2. The van der Waals surface area contributed by atoms with Gasteiger partial charge in [0.15, 0.2) is 0 Å². The molecule has 156 valence electrons. The van der Waals surface area contributed by atoms with Crippen molar-refractivity contribution in [2.24, 2.45) is 5.92 Å². The van der Waals surface area contributed by atoms with Crippen molar-refractivity contribution in [3.05, 3.63) is 23.5 Å². The average Bonchev–Trinajstić information content (AvgIpc) is 3.35. The molecule has 3 aromatic heterocycles. The lowest BCUT2D eigenvalue weighted by molar-refractivity contribution is 0.142. The molecule has 1 aliphatic carbocycles. The zero-order chi connectivity index (χ0) is 20.4. The Morgan fingerprint density at radius 1 is 1.38 bits per heavy atom. The SMILES string of the molecule is CCCOC(=O)NCC1CCC(n2c([C@@H](C)O)nc3cnc4ccsc4c32)CC1. The van der Waals surface area contributed by atoms with E-state index < -0.39 is 6.10 Å². The Bertz CT molecular complexity index is 989. The third kappa shape index (κ3) is 4.09. The van der Waals surface area contributed by atoms with Gasteiger partial charge in [-0.05, 0) is 56.4 Å². The molecule has 1 amide bonds. The van der Waals surface area contributed by atoms with E-state index in [0.29, 0.717) is 30.9 Å². The number of carbonyl (C=O) groups is 1. The third-order valence-electron chi connectivity index (χ3n) is 5.68. The van der Waals surface area contributed by atoms with Gasteiger partial charge in [0.2, 0.25) is 0 Å². The number of alkyl carbamates (subject to hydrolysis) is 1. The molecule has 0 aromatic carbocycles. The number of amides is 1. The van der Waals surface area contributed by atoms with Gasteiger partial charge in [-0.25, -0.2) is 9.78 Å². The van der Waals surface area contributed by atoms with E-state index in [0.717, 1.165) is 53.4 Å². The molecule has 2 N–H and O–H groups in total. The summed E-state index contributed by atoms with van der Waals surface area (Å²) in [5, 5.41) is 15.3. The van der Waals surface area contributed by atoms with Gasteiger partial charge in [-0.15, -0.1) is 11.3 Å². The number of aromatic nitrogens is 3. The Balaban J connectivity index is 1.51. The fourth-order valence-corrected chi connectivity index (χ4v) is 5.13. The first-order valence-electron chi connectivity index (χ1n) is 10.4. The first-order valence-corrected chi connectivity index (χ1v) is 11.3. The van der Waals surface area contributed by atoms with Crippen LogP contribution >= 0.6 is 11.3 Å². The second-order valence-electron chi connectivity index (χ2n) is 7.83. The zero-order valence-electron chi connectivity index (χ0n) is 16.9. The Morgan fingerprint density at radius 3 is 2.90 bits per heavy atom. The molecule has 4 rings (SSSR count). The van der Waals surface area contributed by atoms with Gasteiger partial charge >= 0.3 is 6.09 Å². The Labute approximate surface area is 174 Å². The molecule has 1 saturated carbocycles. The average molecular weight is 417 g/mol. The van der Waals surface area contributed by atoms with Crippen LogP contribution in [0.1, 0.15) is 63.9 Å². The molecule has 0 bridgehead atoms. The van der Waals surface area contributed by atoms with Crippen LogP contribution in [-0.4, -0.2) is 38.9 Å². The summed E-state index contributed by atoms with van der Waals surface area (Å²) in [5.74, 6) is 1.17. The van der Waals surface area contributed by atoms with E-state index in [1.165, 1.54) is 0 Å². The van der Waals surface area contributed by atoms with Gasteiger partial charge in [-0.2, -0.15) is 0 Å². The maximum Gasteiger partial charge on any atom is 0.407 e. The standard InChI is InChI=1S/C21H28N4O3S/c1-3-9-28-21(27)23-11-14-4-6-15(7-5-14)25-18-17(24-20(25)13(2)26)12-22-16-8-10-29-19(16)18/h8,10,12-15,26H,3-7,9,11H2,1-2H3,(H,23,27)/t13-,14?,15?/m1/s1. The Hall–Kier alpha value is -2.19. The van der Waals surface area contributed by atoms with Crippen molar-refractivity contribution >= 4 is 38.7 Å². The number of ether oxygens (including phenoxy) is 1. The quantitative estimate of drug-likeness (QED) is 0.614. The highest BCUT2D eigenvalue weighted by atomic mass is 32.1. The van der Waals surface area contributed by atoms with E-state index >= 15 is 0 Å². The summed E-state index contributed by atoms with van der Waals surface area (Å²) < 4.78 is 8.47. The van der Waals surface area contributed by atoms with Gasteiger partial charge in [-0.1, -0.05) is 6.92 Å². The molecule has 7 nitrogen and oxygen atoms in total. The number of carbonyl (C=O) groups excluding carboxylic acids is 1. The number of nitrogens with one attached hydrogen (secondary N) is 1. The van der Waals surface area contributed by atoms with Gasteiger partial charge in [0, 0.05) is 12.6 Å². The summed E-state index contributed by atoms with van der Waals surface area (Å²) in [7, 11) is 0. The number of aliphatic hydroxyl groups excluding tert-OH is 1. The number of pyridine rings is 1. The minimum atomic E-state index is -0.634. The fraction of sp³-hybridized carbons (Fsp3) is 0.571. The molecule has 0 unspecified atom stereocenters. The van der Waals surface area contributed by atoms with Crippen molar-refractivity contribution in [3.63, 3.8) is 0 Å². The molecule has 29 heavy (non-hydrogen) atoms. The van der Waals surface area contributed by atoms with Crippen molar-refractivity contribution in [3.8, 4) is 0 Å². The highest BCUT2D eigenvalue weighted by molar-refractivity contribution is 7.18. The molecule has 1 atom stereocenters. The number of nitrogens with zero attached hydrogens (tertiary/aromatic N) is 3. The van der Waals surface area contributed by atoms with Gasteiger partial charge in [0.05, 0.1) is 28.5 Å². The molecule has 3 heterocycles. The van der Waals surface area contributed by atoms with Crippen LogP contribution < -0.4 is 5.32 Å². The first-order chi connectivity index (χ1) is 14.1. The van der Waals surface area contributed by atoms with Gasteiger partial charge < -0.3 is 19.7 Å². The minimum Gasteiger partial charge on any atom is -0.450 e. The van der Waals surface area contributed by atoms with E-state index in [2.05, 4.69) is 20.2 Å². The number of hydrogen-bond acceptors (Lipinski definition) is 6. The summed E-state index contributed by atoms with van der Waals surface area (Å²) in [4.78, 5) is 20.9. The van der Waals surface area contributed by atoms with Gasteiger partial charge in [0.25, 0.3) is 0 Å². The topological polar surface area (TPSA) is 89.3 Å². The summed E-state index contributed by atoms with van der Waals surface area (Å²) in [6.07, 6.45) is 5.73. The van der Waals surface area contributed by atoms with Crippen LogP contribution in [0, 0.1) is 5.92 Å². The summed E-state index contributed by atoms with van der Waals surface area (Å²) >= 11 is 1.67. The molecule has 1 fully saturated rings. The molecular weight excluding hydrogens is 388 g/mol. The van der Waals surface area contributed by atoms with Crippen LogP contribution in [0.15, 0.2) is 17.6 Å². The smallest absolute Gasteiger partial charge is 0.407 e. The Morgan fingerprint density at radius 2 is 2.17 bits per heavy atom. The lowest BCUT2D eigenvalue weighted by Crippen LogP contribution is -2.32. The highest BCUT2D eigenvalue weighted by Crippen LogP contribution is 2.39. The van der Waals surface area contributed by atoms with E-state index in [-0.39, 0.29) is 6.09 Å². The van der Waals surface area contributed by atoms with Crippen molar-refractivity contribution in [2.45, 2.75) is 58.1 Å². The van der Waals surface area contributed by atoms with Gasteiger partial charge in [-0.3, -0.25) is 4.98 Å². The molecule has 8 heteroatoms. The number of thiophene rings is 1. The predicted octanol–water partition coefficient (Wildman–Crippen LogP) is 4.57. The zero-order valence-corrected chi connectivity index (χ0v) is 17.7. The van der Waals surface area contributed by atoms with Crippen LogP contribution in [0.5, 0.6) is 0 Å². The lowest BCUT2D eigenvalue weighted by atomic mass is 9.85. The molecule has 0 spiro atoms. The van der Waals surface area contributed by atoms with Crippen molar-refractivity contribution in [1.29, 1.82) is 0 Å². The first kappa shape index (κ1) is 20.1. The maximum absolute atomic E-state index is 11.7. The molecule has 0 aliphatic heterocycles. The second-order valence-corrected chi connectivity index (χ2v) is 8.75. The predicted molar refractivity (Wildman–Crippen MR) is 114 cm³/mol. The monoisotopic (exact) mass is 416 g/mol. The highest BCUT2D eigenvalue weighted by Gasteiger charge is 2.28. The van der Waals surface area contributed by atoms with Crippen molar-refractivity contribution < 1.29 is 14.6 Å². The van der Waals surface area contributed by atoms with E-state index in [1.54, 1.807) is 18.3 Å². The van der Waals surface area contributed by atoms with E-state index in [4.69, 9.17) is 9.72 Å². The van der Waals surface area contributed by atoms with E-state index in [1.807, 2.05) is 19.2 Å². The van der Waals surface area contributed by atoms with E-state index in [9.17, 15) is 9.90 Å². The van der Waals surface area contributed by atoms with Crippen molar-refractivity contribution in [1.82, 2.24) is 19.9 Å². The minimum absolute atomic E-state index is 0.292. The van der Waals surface area contributed by atoms with Crippen LogP contribution in [0.2, 0.25) is 0 Å². The van der Waals surface area contributed by atoms with Crippen LogP contribution in [0.3, 0.4) is 0 Å². The molecular formula is C21H28N4O3S. The van der Waals surface area contributed by atoms with Crippen LogP contribution in [0.4, 0.5) is 4.79 Å². The summed E-state index contributed by atoms with van der Waals surface area (Å²) in [6, 6.07) is 2.32. The fourth-order valence-electron chi connectivity index (χ4n) is 4.24. The third-order valence-corrected chi connectivity index (χ3v) is 6.59. The summed E-state index contributed by atoms with van der Waals surface area (Å²) in [6.45, 7) is 4.87. The summed E-state index contributed by atoms with van der Waals surface area (Å²) in [5.41, 5.74) is 2.91. The van der Waals surface area contributed by atoms with Crippen LogP contribution in [0.25, 0.3) is 21.3 Å². The number of fused-ring (bicyclic) bond motifs is 3. The molecule has 0 radical (unpaired) electrons. The van der Waals surface area contributed by atoms with Gasteiger partial charge in [0.1, 0.15) is 17.4 Å². The Kier molecular flexibility index (Phi) is 6.01. The molecule has 3 aromatic rings.